The van der Waals surface area contributed by atoms with Gasteiger partial charge >= 0.3 is 0 Å². The standard InChI is InChI=1S/C15H21F2NS2/c1-4-18-15(11-6-5-7-12(16)14(11)17)13-8-19-9(2)10(3)20-13/h5-7,9-10,13,15,18H,4,8H2,1-3H3. The Morgan fingerprint density at radius 1 is 1.30 bits per heavy atom. The third-order valence-corrected chi connectivity index (χ3v) is 7.18. The Morgan fingerprint density at radius 2 is 2.05 bits per heavy atom. The molecule has 1 nitrogen and oxygen atoms in total. The minimum Gasteiger partial charge on any atom is -0.309 e. The van der Waals surface area contributed by atoms with E-state index < -0.39 is 11.6 Å². The Balaban J connectivity index is 2.24. The van der Waals surface area contributed by atoms with Gasteiger partial charge in [0.15, 0.2) is 11.6 Å². The van der Waals surface area contributed by atoms with Crippen molar-refractivity contribution >= 4 is 23.5 Å². The van der Waals surface area contributed by atoms with Crippen LogP contribution in [0.5, 0.6) is 0 Å². The number of thioether (sulfide) groups is 2. The van der Waals surface area contributed by atoms with Gasteiger partial charge in [0.25, 0.3) is 0 Å². The second-order valence-corrected chi connectivity index (χ2v) is 8.13. The molecule has 0 aromatic heterocycles. The first kappa shape index (κ1) is 16.1. The molecule has 0 bridgehead atoms. The van der Waals surface area contributed by atoms with Crippen LogP contribution in [-0.4, -0.2) is 28.0 Å². The summed E-state index contributed by atoms with van der Waals surface area (Å²) < 4.78 is 27.5. The van der Waals surface area contributed by atoms with Crippen molar-refractivity contribution in [1.29, 1.82) is 0 Å². The van der Waals surface area contributed by atoms with Crippen molar-refractivity contribution in [3.8, 4) is 0 Å². The highest BCUT2D eigenvalue weighted by atomic mass is 32.2. The topological polar surface area (TPSA) is 12.0 Å². The maximum atomic E-state index is 14.1. The monoisotopic (exact) mass is 317 g/mol. The van der Waals surface area contributed by atoms with Crippen LogP contribution >= 0.6 is 23.5 Å². The molecule has 1 aromatic rings. The lowest BCUT2D eigenvalue weighted by Crippen LogP contribution is -2.37. The van der Waals surface area contributed by atoms with Crippen molar-refractivity contribution < 1.29 is 8.78 Å². The maximum absolute atomic E-state index is 14.1. The zero-order valence-corrected chi connectivity index (χ0v) is 13.7. The summed E-state index contributed by atoms with van der Waals surface area (Å²) in [6.45, 7) is 7.17. The van der Waals surface area contributed by atoms with Gasteiger partial charge in [-0.25, -0.2) is 8.78 Å². The molecule has 2 rings (SSSR count). The minimum absolute atomic E-state index is 0.136. The summed E-state index contributed by atoms with van der Waals surface area (Å²) >= 11 is 3.80. The third kappa shape index (κ3) is 3.49. The summed E-state index contributed by atoms with van der Waals surface area (Å²) in [6.07, 6.45) is 0. The highest BCUT2D eigenvalue weighted by Crippen LogP contribution is 2.41. The van der Waals surface area contributed by atoms with Crippen molar-refractivity contribution in [2.24, 2.45) is 0 Å². The van der Waals surface area contributed by atoms with Crippen LogP contribution in [0.15, 0.2) is 18.2 Å². The largest absolute Gasteiger partial charge is 0.309 e. The number of hydrogen-bond donors (Lipinski definition) is 1. The molecule has 1 fully saturated rings. The molecule has 1 saturated heterocycles. The first-order valence-corrected chi connectivity index (χ1v) is 8.98. The van der Waals surface area contributed by atoms with Crippen LogP contribution in [0.3, 0.4) is 0 Å². The van der Waals surface area contributed by atoms with Crippen LogP contribution in [-0.2, 0) is 0 Å². The molecule has 0 radical (unpaired) electrons. The van der Waals surface area contributed by atoms with Crippen molar-refractivity contribution in [3.63, 3.8) is 0 Å². The van der Waals surface area contributed by atoms with Crippen LogP contribution < -0.4 is 5.32 Å². The Kier molecular flexibility index (Phi) is 5.75. The summed E-state index contributed by atoms with van der Waals surface area (Å²) in [6, 6.07) is 4.32. The van der Waals surface area contributed by atoms with Gasteiger partial charge in [0.2, 0.25) is 0 Å². The van der Waals surface area contributed by atoms with Gasteiger partial charge in [-0.1, -0.05) is 32.9 Å². The fourth-order valence-corrected chi connectivity index (χ4v) is 5.51. The zero-order chi connectivity index (χ0) is 14.7. The SMILES string of the molecule is CCNC(c1cccc(F)c1F)C1CSC(C)C(C)S1. The predicted octanol–water partition coefficient (Wildman–Crippen LogP) is 4.24. The molecule has 5 heteroatoms. The molecular weight excluding hydrogens is 296 g/mol. The Bertz CT molecular complexity index is 455. The number of halogens is 2. The van der Waals surface area contributed by atoms with Gasteiger partial charge in [0.1, 0.15) is 0 Å². The molecular formula is C15H21F2NS2. The lowest BCUT2D eigenvalue weighted by molar-refractivity contribution is 0.464. The molecule has 0 amide bonds. The second kappa shape index (κ2) is 7.14. The average molecular weight is 317 g/mol. The summed E-state index contributed by atoms with van der Waals surface area (Å²) in [5.41, 5.74) is 0.451. The molecule has 4 unspecified atom stereocenters. The molecule has 0 spiro atoms. The van der Waals surface area contributed by atoms with E-state index in [2.05, 4.69) is 19.2 Å². The quantitative estimate of drug-likeness (QED) is 0.892. The Labute approximate surface area is 128 Å². The molecule has 0 saturated carbocycles. The number of benzene rings is 1. The number of nitrogens with one attached hydrogen (secondary N) is 1. The van der Waals surface area contributed by atoms with Gasteiger partial charge in [-0.3, -0.25) is 0 Å². The maximum Gasteiger partial charge on any atom is 0.163 e. The van der Waals surface area contributed by atoms with E-state index in [1.165, 1.54) is 6.07 Å². The highest BCUT2D eigenvalue weighted by Gasteiger charge is 2.33. The van der Waals surface area contributed by atoms with E-state index in [1.54, 1.807) is 12.1 Å². The molecule has 1 aromatic carbocycles. The van der Waals surface area contributed by atoms with Gasteiger partial charge in [0, 0.05) is 33.1 Å². The lowest BCUT2D eigenvalue weighted by atomic mass is 10.0. The molecule has 112 valence electrons. The van der Waals surface area contributed by atoms with Crippen molar-refractivity contribution in [2.75, 3.05) is 12.3 Å². The van der Waals surface area contributed by atoms with Gasteiger partial charge in [-0.15, -0.1) is 0 Å². The van der Waals surface area contributed by atoms with Crippen LogP contribution in [0.2, 0.25) is 0 Å². The first-order chi connectivity index (χ1) is 9.54. The smallest absolute Gasteiger partial charge is 0.163 e. The van der Waals surface area contributed by atoms with Crippen LogP contribution in [0.1, 0.15) is 32.4 Å². The van der Waals surface area contributed by atoms with Gasteiger partial charge in [-0.05, 0) is 12.6 Å². The second-order valence-electron chi connectivity index (χ2n) is 5.10. The third-order valence-electron chi connectivity index (χ3n) is 3.69. The highest BCUT2D eigenvalue weighted by molar-refractivity contribution is 8.07. The predicted molar refractivity (Wildman–Crippen MR) is 85.5 cm³/mol. The molecule has 1 heterocycles. The molecule has 0 aliphatic carbocycles. The summed E-state index contributed by atoms with van der Waals surface area (Å²) in [7, 11) is 0. The van der Waals surface area contributed by atoms with Crippen LogP contribution in [0, 0.1) is 11.6 Å². The average Bonchev–Trinajstić information content (AvgIpc) is 2.43. The molecule has 4 atom stereocenters. The minimum atomic E-state index is -0.764. The van der Waals surface area contributed by atoms with Gasteiger partial charge in [-0.2, -0.15) is 23.5 Å². The van der Waals surface area contributed by atoms with E-state index in [-0.39, 0.29) is 11.3 Å². The molecule has 1 N–H and O–H groups in total. The molecule has 20 heavy (non-hydrogen) atoms. The van der Waals surface area contributed by atoms with E-state index in [0.717, 1.165) is 12.3 Å². The molecule has 1 aliphatic rings. The normalized spacial score (nSPS) is 28.4. The van der Waals surface area contributed by atoms with Gasteiger partial charge in [0.05, 0.1) is 0 Å². The van der Waals surface area contributed by atoms with E-state index in [1.807, 2.05) is 30.4 Å². The van der Waals surface area contributed by atoms with Crippen LogP contribution in [0.4, 0.5) is 8.78 Å². The fourth-order valence-electron chi connectivity index (χ4n) is 2.40. The van der Waals surface area contributed by atoms with E-state index in [0.29, 0.717) is 16.1 Å². The Hall–Kier alpha value is -0.260. The lowest BCUT2D eigenvalue weighted by Gasteiger charge is -2.36. The summed E-state index contributed by atoms with van der Waals surface area (Å²) in [4.78, 5) is 0. The van der Waals surface area contributed by atoms with E-state index in [9.17, 15) is 8.78 Å². The Morgan fingerprint density at radius 3 is 2.70 bits per heavy atom. The summed E-state index contributed by atoms with van der Waals surface area (Å²) in [5.74, 6) is -0.514. The number of hydrogen-bond acceptors (Lipinski definition) is 3. The van der Waals surface area contributed by atoms with E-state index in [4.69, 9.17) is 0 Å². The van der Waals surface area contributed by atoms with Crippen LogP contribution in [0.25, 0.3) is 0 Å². The zero-order valence-electron chi connectivity index (χ0n) is 12.0. The van der Waals surface area contributed by atoms with E-state index >= 15 is 0 Å². The van der Waals surface area contributed by atoms with Crippen molar-refractivity contribution in [2.45, 2.75) is 42.6 Å². The van der Waals surface area contributed by atoms with Gasteiger partial charge < -0.3 is 5.32 Å². The fraction of sp³-hybridized carbons (Fsp3) is 0.600. The van der Waals surface area contributed by atoms with Crippen molar-refractivity contribution in [1.82, 2.24) is 5.32 Å². The van der Waals surface area contributed by atoms with Crippen molar-refractivity contribution in [3.05, 3.63) is 35.4 Å². The first-order valence-electron chi connectivity index (χ1n) is 6.99. The summed E-state index contributed by atoms with van der Waals surface area (Å²) in [5, 5.41) is 4.73. The molecule has 1 aliphatic heterocycles. The number of rotatable bonds is 4.